The minimum absolute atomic E-state index is 0.00533. The first-order chi connectivity index (χ1) is 9.60. The Hall–Kier alpha value is -1.89. The van der Waals surface area contributed by atoms with Gasteiger partial charge in [-0.3, -0.25) is 14.3 Å². The van der Waals surface area contributed by atoms with Crippen LogP contribution in [0.1, 0.15) is 39.2 Å². The van der Waals surface area contributed by atoms with Gasteiger partial charge in [0.1, 0.15) is 0 Å². The van der Waals surface area contributed by atoms with Gasteiger partial charge in [-0.2, -0.15) is 0 Å². The molecule has 1 unspecified atom stereocenters. The van der Waals surface area contributed by atoms with E-state index in [9.17, 15) is 9.59 Å². The van der Waals surface area contributed by atoms with Crippen LogP contribution in [-0.2, 0) is 6.54 Å². The van der Waals surface area contributed by atoms with E-state index < -0.39 is 5.69 Å². The molecule has 0 bridgehead atoms. The highest BCUT2D eigenvalue weighted by Crippen LogP contribution is 2.14. The molecule has 0 aromatic carbocycles. The smallest absolute Gasteiger partial charge is 0.330 e. The molecular formula is C13H21N5O2. The lowest BCUT2D eigenvalue weighted by Crippen LogP contribution is -2.32. The summed E-state index contributed by atoms with van der Waals surface area (Å²) >= 11 is 0. The van der Waals surface area contributed by atoms with Crippen molar-refractivity contribution in [1.82, 2.24) is 19.1 Å². The minimum Gasteiger partial charge on any atom is -0.330 e. The second-order valence-electron chi connectivity index (χ2n) is 4.99. The van der Waals surface area contributed by atoms with Gasteiger partial charge in [-0.1, -0.05) is 6.92 Å². The zero-order valence-electron chi connectivity index (χ0n) is 11.9. The molecule has 0 aliphatic heterocycles. The summed E-state index contributed by atoms with van der Waals surface area (Å²) in [5, 5.41) is 0. The van der Waals surface area contributed by atoms with Crippen molar-refractivity contribution in [3.05, 3.63) is 27.2 Å². The van der Waals surface area contributed by atoms with Gasteiger partial charge in [-0.25, -0.2) is 9.78 Å². The molecule has 0 fully saturated rings. The van der Waals surface area contributed by atoms with Crippen LogP contribution in [0.15, 0.2) is 15.9 Å². The maximum Gasteiger partial charge on any atom is 0.330 e. The van der Waals surface area contributed by atoms with E-state index in [0.717, 1.165) is 19.3 Å². The van der Waals surface area contributed by atoms with Gasteiger partial charge < -0.3 is 10.3 Å². The summed E-state index contributed by atoms with van der Waals surface area (Å²) in [5.41, 5.74) is 5.61. The molecule has 2 aromatic heterocycles. The fourth-order valence-electron chi connectivity index (χ4n) is 2.28. The van der Waals surface area contributed by atoms with Crippen molar-refractivity contribution in [3.8, 4) is 0 Å². The van der Waals surface area contributed by atoms with E-state index in [-0.39, 0.29) is 11.6 Å². The first kappa shape index (κ1) is 14.5. The molecule has 0 radical (unpaired) electrons. The molecule has 2 aromatic rings. The number of rotatable bonds is 6. The predicted molar refractivity (Wildman–Crippen MR) is 77.9 cm³/mol. The number of nitrogens with zero attached hydrogens (tertiary/aromatic N) is 3. The van der Waals surface area contributed by atoms with Crippen molar-refractivity contribution in [3.63, 3.8) is 0 Å². The van der Waals surface area contributed by atoms with Gasteiger partial charge in [0.05, 0.1) is 6.33 Å². The van der Waals surface area contributed by atoms with Gasteiger partial charge in [-0.15, -0.1) is 0 Å². The van der Waals surface area contributed by atoms with Gasteiger partial charge >= 0.3 is 5.69 Å². The van der Waals surface area contributed by atoms with Crippen molar-refractivity contribution in [2.75, 3.05) is 6.54 Å². The Balaban J connectivity index is 2.56. The van der Waals surface area contributed by atoms with Gasteiger partial charge in [0.2, 0.25) is 0 Å². The normalized spacial score (nSPS) is 12.9. The number of aromatic amines is 1. The highest BCUT2D eigenvalue weighted by atomic mass is 16.2. The summed E-state index contributed by atoms with van der Waals surface area (Å²) < 4.78 is 3.35. The van der Waals surface area contributed by atoms with Crippen LogP contribution in [-0.4, -0.2) is 25.6 Å². The number of nitrogens with two attached hydrogens (primary N) is 1. The number of aryl methyl sites for hydroxylation is 1. The maximum absolute atomic E-state index is 12.0. The number of aromatic nitrogens is 4. The van der Waals surface area contributed by atoms with Crippen LogP contribution in [0, 0.1) is 0 Å². The molecule has 2 heterocycles. The molecule has 3 N–H and O–H groups in total. The predicted octanol–water partition coefficient (Wildman–Crippen LogP) is 0.596. The van der Waals surface area contributed by atoms with Crippen LogP contribution in [0.2, 0.25) is 0 Å². The highest BCUT2D eigenvalue weighted by molar-refractivity contribution is 5.70. The van der Waals surface area contributed by atoms with Gasteiger partial charge in [-0.05, 0) is 32.7 Å². The quantitative estimate of drug-likeness (QED) is 0.756. The van der Waals surface area contributed by atoms with Gasteiger partial charge in [0.15, 0.2) is 11.2 Å². The highest BCUT2D eigenvalue weighted by Gasteiger charge is 2.16. The minimum atomic E-state index is -0.399. The summed E-state index contributed by atoms with van der Waals surface area (Å²) in [6, 6.07) is -0.00533. The Morgan fingerprint density at radius 2 is 2.15 bits per heavy atom. The van der Waals surface area contributed by atoms with Crippen molar-refractivity contribution in [2.45, 2.75) is 45.7 Å². The third kappa shape index (κ3) is 2.53. The number of hydrogen-bond donors (Lipinski definition) is 2. The molecule has 0 amide bonds. The monoisotopic (exact) mass is 279 g/mol. The van der Waals surface area contributed by atoms with Crippen LogP contribution in [0.5, 0.6) is 0 Å². The average Bonchev–Trinajstić information content (AvgIpc) is 2.83. The van der Waals surface area contributed by atoms with E-state index in [2.05, 4.69) is 9.97 Å². The van der Waals surface area contributed by atoms with E-state index in [1.54, 1.807) is 15.5 Å². The van der Waals surface area contributed by atoms with Crippen molar-refractivity contribution >= 4 is 11.2 Å². The third-order valence-corrected chi connectivity index (χ3v) is 3.59. The van der Waals surface area contributed by atoms with Crippen LogP contribution >= 0.6 is 0 Å². The first-order valence-electron chi connectivity index (χ1n) is 6.99. The molecule has 0 aliphatic rings. The lowest BCUT2D eigenvalue weighted by molar-refractivity contribution is 0.517. The second-order valence-corrected chi connectivity index (χ2v) is 4.99. The molecule has 7 nitrogen and oxygen atoms in total. The van der Waals surface area contributed by atoms with E-state index in [0.29, 0.717) is 24.3 Å². The molecular weight excluding hydrogens is 258 g/mol. The zero-order valence-corrected chi connectivity index (χ0v) is 11.9. The van der Waals surface area contributed by atoms with E-state index in [4.69, 9.17) is 5.73 Å². The van der Waals surface area contributed by atoms with Gasteiger partial charge in [0.25, 0.3) is 5.56 Å². The molecule has 2 rings (SSSR count). The Morgan fingerprint density at radius 1 is 1.40 bits per heavy atom. The Morgan fingerprint density at radius 3 is 2.80 bits per heavy atom. The number of nitrogens with one attached hydrogen (secondary N) is 1. The summed E-state index contributed by atoms with van der Waals surface area (Å²) in [4.78, 5) is 30.6. The molecule has 7 heteroatoms. The SMILES string of the molecule is CCC(C)n1c(=O)[nH]c(=O)c2c1ncn2CCCCN. The van der Waals surface area contributed by atoms with Crippen LogP contribution < -0.4 is 17.0 Å². The first-order valence-corrected chi connectivity index (χ1v) is 6.99. The Labute approximate surface area is 116 Å². The summed E-state index contributed by atoms with van der Waals surface area (Å²) in [7, 11) is 0. The van der Waals surface area contributed by atoms with Crippen LogP contribution in [0.3, 0.4) is 0 Å². The van der Waals surface area contributed by atoms with Crippen molar-refractivity contribution in [2.24, 2.45) is 5.73 Å². The molecule has 0 saturated heterocycles. The topological polar surface area (TPSA) is 98.7 Å². The molecule has 0 saturated carbocycles. The summed E-state index contributed by atoms with van der Waals surface area (Å²) in [6.07, 6.45) is 4.18. The third-order valence-electron chi connectivity index (χ3n) is 3.59. The lowest BCUT2D eigenvalue weighted by Gasteiger charge is -2.13. The molecule has 1 atom stereocenters. The largest absolute Gasteiger partial charge is 0.330 e. The average molecular weight is 279 g/mol. The number of H-pyrrole nitrogens is 1. The van der Waals surface area contributed by atoms with Crippen LogP contribution in [0.4, 0.5) is 0 Å². The Kier molecular flexibility index (Phi) is 4.39. The maximum atomic E-state index is 12.0. The number of hydrogen-bond acceptors (Lipinski definition) is 4. The van der Waals surface area contributed by atoms with Gasteiger partial charge in [0, 0.05) is 12.6 Å². The van der Waals surface area contributed by atoms with Crippen LogP contribution in [0.25, 0.3) is 11.2 Å². The van der Waals surface area contributed by atoms with E-state index >= 15 is 0 Å². The zero-order chi connectivity index (χ0) is 14.7. The molecule has 110 valence electrons. The number of unbranched alkanes of at least 4 members (excludes halogenated alkanes) is 1. The standard InChI is InChI=1S/C13H21N5O2/c1-3-9(2)18-11-10(12(19)16-13(18)20)17(8-15-11)7-5-4-6-14/h8-9H,3-7,14H2,1-2H3,(H,16,19,20). The number of fused-ring (bicyclic) bond motifs is 1. The fourth-order valence-corrected chi connectivity index (χ4v) is 2.28. The van der Waals surface area contributed by atoms with Crippen molar-refractivity contribution < 1.29 is 0 Å². The summed E-state index contributed by atoms with van der Waals surface area (Å²) in [6.45, 7) is 5.23. The second kappa shape index (κ2) is 6.04. The molecule has 20 heavy (non-hydrogen) atoms. The van der Waals surface area contributed by atoms with E-state index in [1.807, 2.05) is 13.8 Å². The van der Waals surface area contributed by atoms with E-state index in [1.165, 1.54) is 0 Å². The van der Waals surface area contributed by atoms with Crippen molar-refractivity contribution in [1.29, 1.82) is 0 Å². The number of imidazole rings is 1. The molecule has 0 spiro atoms. The Bertz CT molecular complexity index is 697. The lowest BCUT2D eigenvalue weighted by atomic mass is 10.2. The fraction of sp³-hybridized carbons (Fsp3) is 0.615. The summed E-state index contributed by atoms with van der Waals surface area (Å²) in [5.74, 6) is 0. The molecule has 0 aliphatic carbocycles.